The van der Waals surface area contributed by atoms with E-state index >= 15 is 0 Å². The summed E-state index contributed by atoms with van der Waals surface area (Å²) in [4.78, 5) is 13.6. The molecule has 0 heterocycles. The van der Waals surface area contributed by atoms with Gasteiger partial charge in [0.25, 0.3) is 0 Å². The van der Waals surface area contributed by atoms with Gasteiger partial charge in [0.15, 0.2) is 0 Å². The summed E-state index contributed by atoms with van der Waals surface area (Å²) in [6, 6.07) is 0. The molecule has 0 aliphatic carbocycles. The van der Waals surface area contributed by atoms with E-state index in [0.717, 1.165) is 25.9 Å². The van der Waals surface area contributed by atoms with Crippen LogP contribution >= 0.6 is 0 Å². The minimum Gasteiger partial charge on any atom is -0.480 e. The zero-order valence-corrected chi connectivity index (χ0v) is 11.8. The van der Waals surface area contributed by atoms with E-state index in [9.17, 15) is 9.90 Å². The number of rotatable bonds is 10. The Kier molecular flexibility index (Phi) is 8.17. The molecule has 102 valence electrons. The molecular formula is C13H28N2O2. The predicted octanol–water partition coefficient (Wildman–Crippen LogP) is 1.95. The fourth-order valence-electron chi connectivity index (χ4n) is 2.21. The van der Waals surface area contributed by atoms with Crippen molar-refractivity contribution in [1.29, 1.82) is 0 Å². The summed E-state index contributed by atoms with van der Waals surface area (Å²) in [5, 5.41) is 12.5. The average molecular weight is 244 g/mol. The third kappa shape index (κ3) is 5.50. The number of nitrogens with zero attached hydrogens (tertiary/aromatic N) is 1. The number of aliphatic carboxylic acids is 1. The lowest BCUT2D eigenvalue weighted by molar-refractivity contribution is -0.145. The highest BCUT2D eigenvalue weighted by Gasteiger charge is 2.34. The first-order chi connectivity index (χ1) is 8.02. The van der Waals surface area contributed by atoms with Crippen molar-refractivity contribution < 1.29 is 9.90 Å². The molecule has 0 rings (SSSR count). The molecule has 0 aliphatic rings. The van der Waals surface area contributed by atoms with Crippen LogP contribution < -0.4 is 5.32 Å². The van der Waals surface area contributed by atoms with E-state index in [4.69, 9.17) is 0 Å². The Morgan fingerprint density at radius 2 is 1.94 bits per heavy atom. The van der Waals surface area contributed by atoms with Gasteiger partial charge in [-0.25, -0.2) is 0 Å². The molecular weight excluding hydrogens is 216 g/mol. The Morgan fingerprint density at radius 1 is 1.29 bits per heavy atom. The maximum atomic E-state index is 11.4. The first kappa shape index (κ1) is 16.4. The van der Waals surface area contributed by atoms with Gasteiger partial charge < -0.3 is 15.3 Å². The van der Waals surface area contributed by atoms with Crippen LogP contribution in [0.4, 0.5) is 0 Å². The number of carboxylic acid groups (broad SMARTS) is 1. The minimum absolute atomic E-state index is 0.633. The highest BCUT2D eigenvalue weighted by molar-refractivity contribution is 5.78. The third-order valence-electron chi connectivity index (χ3n) is 3.28. The second-order valence-corrected chi connectivity index (χ2v) is 4.68. The van der Waals surface area contributed by atoms with Gasteiger partial charge in [-0.3, -0.25) is 4.79 Å². The standard InChI is InChI=1S/C13H28N2O2/c1-5-10-15(4)11-8-9-13(6-2,12(16)17)14-7-3/h14H,5-11H2,1-4H3,(H,16,17). The molecule has 0 aromatic rings. The second-order valence-electron chi connectivity index (χ2n) is 4.68. The maximum absolute atomic E-state index is 11.4. The van der Waals surface area contributed by atoms with Gasteiger partial charge in [-0.2, -0.15) is 0 Å². The molecule has 0 amide bonds. The van der Waals surface area contributed by atoms with E-state index in [0.29, 0.717) is 19.4 Å². The number of nitrogens with one attached hydrogen (secondary N) is 1. The van der Waals surface area contributed by atoms with Crippen LogP contribution in [0.1, 0.15) is 46.5 Å². The zero-order chi connectivity index (χ0) is 13.3. The average Bonchev–Trinajstić information content (AvgIpc) is 2.27. The van der Waals surface area contributed by atoms with Crippen molar-refractivity contribution in [3.8, 4) is 0 Å². The van der Waals surface area contributed by atoms with Gasteiger partial charge in [-0.15, -0.1) is 0 Å². The Hall–Kier alpha value is -0.610. The molecule has 0 saturated heterocycles. The molecule has 0 aromatic carbocycles. The summed E-state index contributed by atoms with van der Waals surface area (Å²) in [5.74, 6) is -0.722. The van der Waals surface area contributed by atoms with Crippen molar-refractivity contribution >= 4 is 5.97 Å². The van der Waals surface area contributed by atoms with Crippen LogP contribution in [0.5, 0.6) is 0 Å². The number of carboxylic acids is 1. The molecule has 0 radical (unpaired) electrons. The van der Waals surface area contributed by atoms with Crippen LogP contribution in [0.15, 0.2) is 0 Å². The molecule has 4 nitrogen and oxygen atoms in total. The van der Waals surface area contributed by atoms with Crippen molar-refractivity contribution in [2.75, 3.05) is 26.7 Å². The molecule has 1 atom stereocenters. The Bertz CT molecular complexity index is 221. The van der Waals surface area contributed by atoms with Crippen molar-refractivity contribution in [3.63, 3.8) is 0 Å². The molecule has 4 heteroatoms. The highest BCUT2D eigenvalue weighted by Crippen LogP contribution is 2.18. The van der Waals surface area contributed by atoms with Crippen LogP contribution in [0, 0.1) is 0 Å². The summed E-state index contributed by atoms with van der Waals surface area (Å²) < 4.78 is 0. The third-order valence-corrected chi connectivity index (χ3v) is 3.28. The quantitative estimate of drug-likeness (QED) is 0.617. The number of hydrogen-bond acceptors (Lipinski definition) is 3. The Balaban J connectivity index is 4.21. The van der Waals surface area contributed by atoms with E-state index < -0.39 is 11.5 Å². The summed E-state index contributed by atoms with van der Waals surface area (Å²) in [6.07, 6.45) is 3.39. The molecule has 17 heavy (non-hydrogen) atoms. The number of carbonyl (C=O) groups is 1. The van der Waals surface area contributed by atoms with Gasteiger partial charge in [-0.05, 0) is 52.4 Å². The normalized spacial score (nSPS) is 14.9. The van der Waals surface area contributed by atoms with E-state index in [-0.39, 0.29) is 0 Å². The lowest BCUT2D eigenvalue weighted by Gasteiger charge is -2.30. The van der Waals surface area contributed by atoms with Gasteiger partial charge in [0.2, 0.25) is 0 Å². The lowest BCUT2D eigenvalue weighted by Crippen LogP contribution is -2.51. The van der Waals surface area contributed by atoms with E-state index in [1.807, 2.05) is 13.8 Å². The Labute approximate surface area is 105 Å². The topological polar surface area (TPSA) is 52.6 Å². The molecule has 0 aliphatic heterocycles. The number of hydrogen-bond donors (Lipinski definition) is 2. The van der Waals surface area contributed by atoms with Crippen LogP contribution in [-0.2, 0) is 4.79 Å². The van der Waals surface area contributed by atoms with Crippen LogP contribution in [0.2, 0.25) is 0 Å². The number of likely N-dealkylation sites (N-methyl/N-ethyl adjacent to an activating group) is 1. The molecule has 2 N–H and O–H groups in total. The van der Waals surface area contributed by atoms with Crippen molar-refractivity contribution in [1.82, 2.24) is 10.2 Å². The molecule has 1 unspecified atom stereocenters. The Morgan fingerprint density at radius 3 is 2.35 bits per heavy atom. The van der Waals surface area contributed by atoms with E-state index in [2.05, 4.69) is 24.2 Å². The molecule has 0 aromatic heterocycles. The second kappa shape index (κ2) is 8.48. The van der Waals surface area contributed by atoms with Crippen LogP contribution in [-0.4, -0.2) is 48.2 Å². The monoisotopic (exact) mass is 244 g/mol. The van der Waals surface area contributed by atoms with E-state index in [1.165, 1.54) is 0 Å². The fourth-order valence-corrected chi connectivity index (χ4v) is 2.21. The zero-order valence-electron chi connectivity index (χ0n) is 11.8. The summed E-state index contributed by atoms with van der Waals surface area (Å²) in [7, 11) is 2.09. The van der Waals surface area contributed by atoms with Gasteiger partial charge in [0.1, 0.15) is 5.54 Å². The molecule has 0 fully saturated rings. The van der Waals surface area contributed by atoms with Crippen molar-refractivity contribution in [3.05, 3.63) is 0 Å². The first-order valence-corrected chi connectivity index (χ1v) is 6.69. The molecule has 0 saturated carbocycles. The summed E-state index contributed by atoms with van der Waals surface area (Å²) in [5.41, 5.74) is -0.734. The molecule has 0 bridgehead atoms. The molecule has 0 spiro atoms. The smallest absolute Gasteiger partial charge is 0.323 e. The maximum Gasteiger partial charge on any atom is 0.323 e. The van der Waals surface area contributed by atoms with Crippen molar-refractivity contribution in [2.24, 2.45) is 0 Å². The SMILES string of the molecule is CCCN(C)CCCC(CC)(NCC)C(=O)O. The largest absolute Gasteiger partial charge is 0.480 e. The van der Waals surface area contributed by atoms with Gasteiger partial charge in [0, 0.05) is 0 Å². The van der Waals surface area contributed by atoms with Crippen LogP contribution in [0.3, 0.4) is 0 Å². The fraction of sp³-hybridized carbons (Fsp3) is 0.923. The highest BCUT2D eigenvalue weighted by atomic mass is 16.4. The van der Waals surface area contributed by atoms with Crippen molar-refractivity contribution in [2.45, 2.75) is 52.0 Å². The summed E-state index contributed by atoms with van der Waals surface area (Å²) in [6.45, 7) is 8.79. The summed E-state index contributed by atoms with van der Waals surface area (Å²) >= 11 is 0. The first-order valence-electron chi connectivity index (χ1n) is 6.69. The lowest BCUT2D eigenvalue weighted by atomic mass is 9.90. The van der Waals surface area contributed by atoms with Gasteiger partial charge in [-0.1, -0.05) is 20.8 Å². The van der Waals surface area contributed by atoms with E-state index in [1.54, 1.807) is 0 Å². The van der Waals surface area contributed by atoms with Crippen LogP contribution in [0.25, 0.3) is 0 Å². The minimum atomic E-state index is -0.734. The van der Waals surface area contributed by atoms with Gasteiger partial charge in [0.05, 0.1) is 0 Å². The van der Waals surface area contributed by atoms with Gasteiger partial charge >= 0.3 is 5.97 Å². The predicted molar refractivity (Wildman–Crippen MR) is 71.4 cm³/mol.